The zero-order chi connectivity index (χ0) is 10.2. The lowest BCUT2D eigenvalue weighted by molar-refractivity contribution is 0.119. The average molecular weight is 199 g/mol. The number of hydrogen-bond acceptors (Lipinski definition) is 4. The Morgan fingerprint density at radius 2 is 2.36 bits per heavy atom. The van der Waals surface area contributed by atoms with Crippen LogP contribution in [0, 0.1) is 0 Å². The number of aromatic nitrogens is 3. The number of unbranched alkanes of at least 4 members (excludes halogenated alkanes) is 1. The normalized spacial score (nSPS) is 10.7. The van der Waals surface area contributed by atoms with Gasteiger partial charge in [-0.25, -0.2) is 9.67 Å². The summed E-state index contributed by atoms with van der Waals surface area (Å²) in [4.78, 5) is 3.90. The molecule has 0 aliphatic rings. The zero-order valence-electron chi connectivity index (χ0n) is 8.52. The summed E-state index contributed by atoms with van der Waals surface area (Å²) in [5, 5.41) is 12.9. The van der Waals surface area contributed by atoms with Crippen LogP contribution < -0.4 is 0 Å². The fourth-order valence-corrected chi connectivity index (χ4v) is 1.10. The van der Waals surface area contributed by atoms with Gasteiger partial charge in [0.2, 0.25) is 0 Å². The lowest BCUT2D eigenvalue weighted by Crippen LogP contribution is -2.11. The molecule has 1 N–H and O–H groups in total. The summed E-state index contributed by atoms with van der Waals surface area (Å²) in [6.07, 6.45) is 3.67. The fourth-order valence-electron chi connectivity index (χ4n) is 1.10. The van der Waals surface area contributed by atoms with Crippen LogP contribution in [0.15, 0.2) is 6.33 Å². The highest BCUT2D eigenvalue weighted by Crippen LogP contribution is 1.94. The molecule has 0 spiro atoms. The molecular formula is C9H17N3O2. The third-order valence-corrected chi connectivity index (χ3v) is 1.93. The number of nitrogens with zero attached hydrogens (tertiary/aromatic N) is 3. The zero-order valence-corrected chi connectivity index (χ0v) is 8.52. The highest BCUT2D eigenvalue weighted by atomic mass is 16.5. The van der Waals surface area contributed by atoms with E-state index in [0.717, 1.165) is 19.4 Å². The molecule has 1 aromatic heterocycles. The van der Waals surface area contributed by atoms with Crippen molar-refractivity contribution >= 4 is 0 Å². The summed E-state index contributed by atoms with van der Waals surface area (Å²) in [5.74, 6) is 0.587. The Hall–Kier alpha value is -0.940. The molecule has 0 aromatic carbocycles. The second kappa shape index (κ2) is 6.50. The Kier molecular flexibility index (Phi) is 5.17. The first-order valence-electron chi connectivity index (χ1n) is 4.93. The highest BCUT2D eigenvalue weighted by molar-refractivity contribution is 4.80. The van der Waals surface area contributed by atoms with Gasteiger partial charge in [0.1, 0.15) is 12.9 Å². The second-order valence-corrected chi connectivity index (χ2v) is 3.02. The summed E-state index contributed by atoms with van der Waals surface area (Å²) in [5.41, 5.74) is 0. The van der Waals surface area contributed by atoms with Gasteiger partial charge >= 0.3 is 0 Å². The lowest BCUT2D eigenvalue weighted by Gasteiger charge is -2.04. The van der Waals surface area contributed by atoms with Crippen LogP contribution >= 0.6 is 0 Å². The minimum absolute atomic E-state index is 0.0744. The largest absolute Gasteiger partial charge is 0.388 e. The van der Waals surface area contributed by atoms with Crippen LogP contribution in [0.4, 0.5) is 0 Å². The van der Waals surface area contributed by atoms with Gasteiger partial charge in [-0.1, -0.05) is 13.3 Å². The summed E-state index contributed by atoms with van der Waals surface area (Å²) >= 11 is 0. The number of ether oxygens (including phenoxy) is 1. The van der Waals surface area contributed by atoms with Gasteiger partial charge in [-0.05, 0) is 6.42 Å². The molecule has 0 fully saturated rings. The molecule has 1 aromatic rings. The van der Waals surface area contributed by atoms with Gasteiger partial charge in [0, 0.05) is 6.61 Å². The van der Waals surface area contributed by atoms with Crippen molar-refractivity contribution in [1.82, 2.24) is 14.8 Å². The van der Waals surface area contributed by atoms with Gasteiger partial charge in [0.05, 0.1) is 13.2 Å². The molecule has 1 heterocycles. The first-order chi connectivity index (χ1) is 6.88. The molecule has 1 rings (SSSR count). The van der Waals surface area contributed by atoms with Crippen molar-refractivity contribution in [2.75, 3.05) is 13.2 Å². The van der Waals surface area contributed by atoms with Crippen LogP contribution in [0.5, 0.6) is 0 Å². The SMILES string of the molecule is CCCCOCCn1ncnc1CO. The van der Waals surface area contributed by atoms with E-state index in [9.17, 15) is 0 Å². The first kappa shape index (κ1) is 11.1. The molecule has 0 unspecified atom stereocenters. The van der Waals surface area contributed by atoms with Crippen LogP contribution in [0.1, 0.15) is 25.6 Å². The smallest absolute Gasteiger partial charge is 0.152 e. The van der Waals surface area contributed by atoms with Crippen molar-refractivity contribution in [3.05, 3.63) is 12.2 Å². The molecular weight excluding hydrogens is 182 g/mol. The monoisotopic (exact) mass is 199 g/mol. The number of aliphatic hydroxyl groups is 1. The van der Waals surface area contributed by atoms with Crippen molar-refractivity contribution in [3.8, 4) is 0 Å². The predicted molar refractivity (Wildman–Crippen MR) is 51.7 cm³/mol. The Labute approximate surface area is 83.7 Å². The van der Waals surface area contributed by atoms with Gasteiger partial charge in [0.25, 0.3) is 0 Å². The predicted octanol–water partition coefficient (Wildman–Crippen LogP) is 0.587. The fraction of sp³-hybridized carbons (Fsp3) is 0.778. The molecule has 5 heteroatoms. The highest BCUT2D eigenvalue weighted by Gasteiger charge is 2.01. The molecule has 0 saturated carbocycles. The third kappa shape index (κ3) is 3.43. The van der Waals surface area contributed by atoms with Gasteiger partial charge in [-0.15, -0.1) is 0 Å². The average Bonchev–Trinajstić information content (AvgIpc) is 2.65. The van der Waals surface area contributed by atoms with Gasteiger partial charge in [0.15, 0.2) is 5.82 Å². The Morgan fingerprint density at radius 1 is 1.50 bits per heavy atom. The van der Waals surface area contributed by atoms with E-state index >= 15 is 0 Å². The van der Waals surface area contributed by atoms with Gasteiger partial charge in [-0.3, -0.25) is 0 Å². The number of rotatable bonds is 7. The van der Waals surface area contributed by atoms with Crippen molar-refractivity contribution in [1.29, 1.82) is 0 Å². The maximum absolute atomic E-state index is 8.88. The molecule has 0 bridgehead atoms. The third-order valence-electron chi connectivity index (χ3n) is 1.93. The molecule has 0 radical (unpaired) electrons. The molecule has 0 aliphatic heterocycles. The quantitative estimate of drug-likeness (QED) is 0.653. The summed E-state index contributed by atoms with van der Waals surface area (Å²) < 4.78 is 7.04. The molecule has 0 amide bonds. The van der Waals surface area contributed by atoms with Crippen molar-refractivity contribution < 1.29 is 9.84 Å². The molecule has 5 nitrogen and oxygen atoms in total. The van der Waals surface area contributed by atoms with E-state index in [-0.39, 0.29) is 6.61 Å². The van der Waals surface area contributed by atoms with Crippen molar-refractivity contribution in [3.63, 3.8) is 0 Å². The molecule has 0 atom stereocenters. The lowest BCUT2D eigenvalue weighted by atomic mass is 10.4. The Balaban J connectivity index is 2.17. The topological polar surface area (TPSA) is 60.2 Å². The van der Waals surface area contributed by atoms with E-state index in [2.05, 4.69) is 17.0 Å². The van der Waals surface area contributed by atoms with Crippen LogP contribution in [-0.2, 0) is 17.9 Å². The summed E-state index contributed by atoms with van der Waals surface area (Å²) in [6.45, 7) is 4.12. The maximum atomic E-state index is 8.88. The van der Waals surface area contributed by atoms with Crippen molar-refractivity contribution in [2.45, 2.75) is 32.9 Å². The number of aliphatic hydroxyl groups excluding tert-OH is 1. The van der Waals surface area contributed by atoms with Crippen LogP contribution in [0.3, 0.4) is 0 Å². The van der Waals surface area contributed by atoms with E-state index in [4.69, 9.17) is 9.84 Å². The molecule has 14 heavy (non-hydrogen) atoms. The molecule has 0 saturated heterocycles. The first-order valence-corrected chi connectivity index (χ1v) is 4.93. The summed E-state index contributed by atoms with van der Waals surface area (Å²) in [7, 11) is 0. The molecule has 0 aliphatic carbocycles. The van der Waals surface area contributed by atoms with Crippen LogP contribution in [0.25, 0.3) is 0 Å². The van der Waals surface area contributed by atoms with Crippen LogP contribution in [0.2, 0.25) is 0 Å². The summed E-state index contributed by atoms with van der Waals surface area (Å²) in [6, 6.07) is 0. The maximum Gasteiger partial charge on any atom is 0.152 e. The second-order valence-electron chi connectivity index (χ2n) is 3.02. The van der Waals surface area contributed by atoms with Crippen molar-refractivity contribution in [2.24, 2.45) is 0 Å². The van der Waals surface area contributed by atoms with E-state index in [1.165, 1.54) is 6.33 Å². The minimum atomic E-state index is -0.0744. The van der Waals surface area contributed by atoms with Gasteiger partial charge in [-0.2, -0.15) is 5.10 Å². The van der Waals surface area contributed by atoms with E-state index in [0.29, 0.717) is 19.0 Å². The van der Waals surface area contributed by atoms with Gasteiger partial charge < -0.3 is 9.84 Å². The Morgan fingerprint density at radius 3 is 3.07 bits per heavy atom. The van der Waals surface area contributed by atoms with E-state index in [1.54, 1.807) is 4.68 Å². The number of hydrogen-bond donors (Lipinski definition) is 1. The molecule has 80 valence electrons. The minimum Gasteiger partial charge on any atom is -0.388 e. The van der Waals surface area contributed by atoms with Crippen LogP contribution in [-0.4, -0.2) is 33.1 Å². The Bertz CT molecular complexity index is 250. The van der Waals surface area contributed by atoms with E-state index in [1.807, 2.05) is 0 Å². The van der Waals surface area contributed by atoms with E-state index < -0.39 is 0 Å². The standard InChI is InChI=1S/C9H17N3O2/c1-2-3-5-14-6-4-12-9(7-13)10-8-11-12/h8,13H,2-7H2,1H3.